The summed E-state index contributed by atoms with van der Waals surface area (Å²) in [7, 11) is 0. The molecule has 0 unspecified atom stereocenters. The van der Waals surface area contributed by atoms with Crippen molar-refractivity contribution in [3.63, 3.8) is 0 Å². The molecule has 0 aliphatic rings. The van der Waals surface area contributed by atoms with Gasteiger partial charge in [0.15, 0.2) is 34.7 Å². The maximum atomic E-state index is 12.2. The number of ether oxygens (including phenoxy) is 6. The Morgan fingerprint density at radius 1 is 0.222 bits per heavy atom. The number of hydrogen-bond donors (Lipinski definition) is 0. The van der Waals surface area contributed by atoms with Gasteiger partial charge in [0.1, 0.15) is 74.1 Å². The van der Waals surface area contributed by atoms with E-state index in [9.17, 15) is 28.8 Å². The van der Waals surface area contributed by atoms with Gasteiger partial charge in [-0.25, -0.2) is 0 Å². The molecule has 7 aromatic rings. The summed E-state index contributed by atoms with van der Waals surface area (Å²) in [6, 6.07) is 41.0. The third kappa shape index (κ3) is 13.4. The van der Waals surface area contributed by atoms with Gasteiger partial charge in [0.05, 0.1) is 0 Å². The molecule has 0 aliphatic heterocycles. The van der Waals surface area contributed by atoms with E-state index in [0.717, 1.165) is 0 Å². The first kappa shape index (κ1) is 51.2. The molecule has 0 spiro atoms. The second-order valence-corrected chi connectivity index (χ2v) is 17.1. The predicted octanol–water partition coefficient (Wildman–Crippen LogP) is 12.4. The van der Waals surface area contributed by atoms with Gasteiger partial charge in [-0.05, 0) is 187 Å². The largest absolute Gasteiger partial charge is 0.489 e. The number of rotatable bonds is 24. The summed E-state index contributed by atoms with van der Waals surface area (Å²) in [6.45, 7) is 8.68. The molecule has 72 heavy (non-hydrogen) atoms. The van der Waals surface area contributed by atoms with Crippen LogP contribution in [0.15, 0.2) is 146 Å². The van der Waals surface area contributed by atoms with Crippen molar-refractivity contribution in [2.24, 2.45) is 0 Å². The van der Waals surface area contributed by atoms with Crippen molar-refractivity contribution >= 4 is 34.7 Å². The molecule has 7 aromatic carbocycles. The third-order valence-corrected chi connectivity index (χ3v) is 12.0. The van der Waals surface area contributed by atoms with E-state index in [1.807, 2.05) is 0 Å². The van der Waals surface area contributed by atoms with Gasteiger partial charge in [0.25, 0.3) is 0 Å². The van der Waals surface area contributed by atoms with Crippen LogP contribution in [0.5, 0.6) is 34.5 Å². The molecule has 12 heteroatoms. The minimum Gasteiger partial charge on any atom is -0.489 e. The van der Waals surface area contributed by atoms with Gasteiger partial charge < -0.3 is 28.4 Å². The average Bonchev–Trinajstić information content (AvgIpc) is 3.38. The Balaban J connectivity index is 1.45. The molecular weight excluding hydrogens is 913 g/mol. The molecule has 0 fully saturated rings. The molecule has 0 aromatic heterocycles. The Morgan fingerprint density at radius 3 is 0.431 bits per heavy atom. The van der Waals surface area contributed by atoms with Crippen LogP contribution in [-0.4, -0.2) is 34.7 Å². The normalized spacial score (nSPS) is 10.8. The number of carbonyl (C=O) groups is 6. The highest BCUT2D eigenvalue weighted by Gasteiger charge is 2.27. The van der Waals surface area contributed by atoms with Gasteiger partial charge in [0.2, 0.25) is 0 Å². The zero-order valence-electron chi connectivity index (χ0n) is 41.0. The molecule has 0 heterocycles. The Morgan fingerprint density at radius 2 is 0.333 bits per heavy atom. The fraction of sp³-hybridized carbons (Fsp3) is 0.200. The van der Waals surface area contributed by atoms with E-state index in [1.165, 1.54) is 41.5 Å². The van der Waals surface area contributed by atoms with E-state index in [1.54, 1.807) is 146 Å². The summed E-state index contributed by atoms with van der Waals surface area (Å²) in [5.41, 5.74) is 7.01. The number of carbonyl (C=O) groups excluding carboxylic acids is 6. The lowest BCUT2D eigenvalue weighted by atomic mass is 9.87. The minimum absolute atomic E-state index is 0.0440. The zero-order valence-corrected chi connectivity index (χ0v) is 41.0. The smallest absolute Gasteiger partial charge is 0.159 e. The van der Waals surface area contributed by atoms with Gasteiger partial charge in [-0.3, -0.25) is 28.8 Å². The van der Waals surface area contributed by atoms with Gasteiger partial charge in [0, 0.05) is 66.8 Å². The lowest BCUT2D eigenvalue weighted by Crippen LogP contribution is -2.21. The summed E-state index contributed by atoms with van der Waals surface area (Å²) in [5.74, 6) is 2.30. The fourth-order valence-electron chi connectivity index (χ4n) is 7.79. The number of Topliss-reactive ketones (excluding diaryl/α,β-unsaturated/α-hetero) is 6. The lowest BCUT2D eigenvalue weighted by Gasteiger charge is -2.28. The van der Waals surface area contributed by atoms with Crippen LogP contribution >= 0.6 is 0 Å². The van der Waals surface area contributed by atoms with Crippen LogP contribution in [0.1, 0.15) is 137 Å². The monoisotopic (exact) mass is 966 g/mol. The number of ketones is 6. The van der Waals surface area contributed by atoms with Crippen molar-refractivity contribution in [3.8, 4) is 34.5 Å². The highest BCUT2D eigenvalue weighted by atomic mass is 16.5. The molecular formula is C60H54O12. The zero-order chi connectivity index (χ0) is 51.3. The maximum absolute atomic E-state index is 12.2. The molecule has 7 rings (SSSR count). The van der Waals surface area contributed by atoms with Crippen molar-refractivity contribution in [2.75, 3.05) is 0 Å². The lowest BCUT2D eigenvalue weighted by molar-refractivity contribution is 0.100. The molecule has 366 valence electrons. The highest BCUT2D eigenvalue weighted by molar-refractivity contribution is 5.96. The average molecular weight is 967 g/mol. The molecule has 0 saturated carbocycles. The summed E-state index contributed by atoms with van der Waals surface area (Å²) in [5, 5.41) is 0. The van der Waals surface area contributed by atoms with Crippen LogP contribution in [-0.2, 0) is 39.6 Å². The topological polar surface area (TPSA) is 158 Å². The molecule has 0 amide bonds. The summed E-state index contributed by atoms with van der Waals surface area (Å²) in [6.07, 6.45) is 0. The standard InChI is InChI=1S/C60H54O12/c1-37(61)43-7-19-49(20-8-43)67-31-55-56(32-68-50-21-9-44(10-22-50)38(2)62)58(34-70-52-25-13-46(14-26-52)40(4)64)60(36-72-54-29-17-48(18-30-54)42(6)66)59(35-71-53-27-15-47(16-28-53)41(5)65)57(55)33-69-51-23-11-45(12-24-51)39(3)63/h7-30H,31-36H2,1-6H3. The molecule has 0 atom stereocenters. The van der Waals surface area contributed by atoms with E-state index in [-0.39, 0.29) is 74.3 Å². The van der Waals surface area contributed by atoms with Gasteiger partial charge in [-0.1, -0.05) is 0 Å². The van der Waals surface area contributed by atoms with Crippen molar-refractivity contribution in [2.45, 2.75) is 81.2 Å². The van der Waals surface area contributed by atoms with E-state index < -0.39 is 0 Å². The maximum Gasteiger partial charge on any atom is 0.159 e. The first-order chi connectivity index (χ1) is 34.6. The van der Waals surface area contributed by atoms with E-state index in [2.05, 4.69) is 0 Å². The van der Waals surface area contributed by atoms with Crippen molar-refractivity contribution in [3.05, 3.63) is 212 Å². The first-order valence-electron chi connectivity index (χ1n) is 23.2. The predicted molar refractivity (Wildman–Crippen MR) is 271 cm³/mol. The Kier molecular flexibility index (Phi) is 16.9. The highest BCUT2D eigenvalue weighted by Crippen LogP contribution is 2.36. The van der Waals surface area contributed by atoms with Crippen LogP contribution in [0.25, 0.3) is 0 Å². The van der Waals surface area contributed by atoms with E-state index >= 15 is 0 Å². The van der Waals surface area contributed by atoms with Crippen LogP contribution in [0, 0.1) is 0 Å². The molecule has 0 N–H and O–H groups in total. The second-order valence-electron chi connectivity index (χ2n) is 17.1. The van der Waals surface area contributed by atoms with Crippen molar-refractivity contribution in [1.82, 2.24) is 0 Å². The van der Waals surface area contributed by atoms with E-state index in [4.69, 9.17) is 28.4 Å². The molecule has 0 aliphatic carbocycles. The summed E-state index contributed by atoms with van der Waals surface area (Å²) < 4.78 is 39.6. The Labute approximate surface area is 418 Å². The van der Waals surface area contributed by atoms with Crippen molar-refractivity contribution < 1.29 is 57.2 Å². The molecule has 0 saturated heterocycles. The summed E-state index contributed by atoms with van der Waals surface area (Å²) >= 11 is 0. The van der Waals surface area contributed by atoms with E-state index in [0.29, 0.717) is 101 Å². The van der Waals surface area contributed by atoms with Crippen LogP contribution in [0.2, 0.25) is 0 Å². The third-order valence-electron chi connectivity index (χ3n) is 12.0. The fourth-order valence-corrected chi connectivity index (χ4v) is 7.79. The molecule has 12 nitrogen and oxygen atoms in total. The number of hydrogen-bond acceptors (Lipinski definition) is 12. The second kappa shape index (κ2) is 23.8. The van der Waals surface area contributed by atoms with Crippen LogP contribution in [0.3, 0.4) is 0 Å². The minimum atomic E-state index is -0.0955. The van der Waals surface area contributed by atoms with Crippen LogP contribution < -0.4 is 28.4 Å². The Hall–Kier alpha value is -8.64. The quantitative estimate of drug-likeness (QED) is 0.0529. The van der Waals surface area contributed by atoms with Gasteiger partial charge in [-0.15, -0.1) is 0 Å². The molecule has 0 bridgehead atoms. The number of benzene rings is 7. The molecule has 0 radical (unpaired) electrons. The SMILES string of the molecule is CC(=O)c1ccc(OCc2c(COc3ccc(C(C)=O)cc3)c(COc3ccc(C(C)=O)cc3)c(COc3ccc(C(C)=O)cc3)c(COc3ccc(C(C)=O)cc3)c2COc2ccc(C(C)=O)cc2)cc1. The Bertz CT molecular complexity index is 2510. The van der Waals surface area contributed by atoms with Crippen molar-refractivity contribution in [1.29, 1.82) is 0 Å². The van der Waals surface area contributed by atoms with Gasteiger partial charge in [-0.2, -0.15) is 0 Å². The summed E-state index contributed by atoms with van der Waals surface area (Å²) in [4.78, 5) is 73.4. The van der Waals surface area contributed by atoms with Gasteiger partial charge >= 0.3 is 0 Å². The van der Waals surface area contributed by atoms with Crippen LogP contribution in [0.4, 0.5) is 0 Å². The first-order valence-corrected chi connectivity index (χ1v) is 23.2.